The minimum atomic E-state index is -0.516. The molecule has 0 unspecified atom stereocenters. The van der Waals surface area contributed by atoms with Crippen molar-refractivity contribution in [1.82, 2.24) is 9.78 Å². The maximum atomic E-state index is 13.4. The number of phenolic OH excluding ortho intramolecular Hbond substituents is 1. The number of nitrogens with two attached hydrogens (primary N) is 1. The number of hydrogen-bond acceptors (Lipinski definition) is 4. The maximum Gasteiger partial charge on any atom is 0.166 e. The minimum Gasteiger partial charge on any atom is -0.504 e. The van der Waals surface area contributed by atoms with Crippen molar-refractivity contribution in [3.05, 3.63) is 24.1 Å². The Kier molecular flexibility index (Phi) is 2.63. The van der Waals surface area contributed by atoms with Gasteiger partial charge in [-0.3, -0.25) is 4.68 Å². The summed E-state index contributed by atoms with van der Waals surface area (Å²) in [5, 5.41) is 13.9. The number of benzene rings is 1. The first-order valence-electron chi connectivity index (χ1n) is 4.89. The first kappa shape index (κ1) is 11.3. The van der Waals surface area contributed by atoms with Gasteiger partial charge in [0.05, 0.1) is 13.3 Å². The van der Waals surface area contributed by atoms with Gasteiger partial charge in [0.1, 0.15) is 11.6 Å². The van der Waals surface area contributed by atoms with Crippen LogP contribution in [-0.4, -0.2) is 22.0 Å². The first-order valence-corrected chi connectivity index (χ1v) is 4.89. The summed E-state index contributed by atoms with van der Waals surface area (Å²) in [5.41, 5.74) is 6.49. The minimum absolute atomic E-state index is 0.0586. The normalized spacial score (nSPS) is 10.5. The molecule has 17 heavy (non-hydrogen) atoms. The SMILES string of the molecule is COc1cc(F)cc(-c2cnn(C)c2N)c1O. The first-order chi connectivity index (χ1) is 8.04. The highest BCUT2D eigenvalue weighted by atomic mass is 19.1. The van der Waals surface area contributed by atoms with Crippen molar-refractivity contribution in [2.75, 3.05) is 12.8 Å². The third kappa shape index (κ3) is 1.77. The molecule has 0 radical (unpaired) electrons. The molecule has 0 saturated carbocycles. The third-order valence-corrected chi connectivity index (χ3v) is 2.53. The lowest BCUT2D eigenvalue weighted by Gasteiger charge is -2.08. The number of methoxy groups -OCH3 is 1. The van der Waals surface area contributed by atoms with E-state index in [1.165, 1.54) is 24.1 Å². The van der Waals surface area contributed by atoms with E-state index in [1.807, 2.05) is 0 Å². The van der Waals surface area contributed by atoms with Gasteiger partial charge in [0.25, 0.3) is 0 Å². The van der Waals surface area contributed by atoms with Gasteiger partial charge in [-0.2, -0.15) is 5.10 Å². The summed E-state index contributed by atoms with van der Waals surface area (Å²) in [4.78, 5) is 0. The van der Waals surface area contributed by atoms with Crippen molar-refractivity contribution >= 4 is 5.82 Å². The van der Waals surface area contributed by atoms with Crippen LogP contribution >= 0.6 is 0 Å². The fraction of sp³-hybridized carbons (Fsp3) is 0.182. The van der Waals surface area contributed by atoms with Crippen LogP contribution in [0.1, 0.15) is 0 Å². The highest BCUT2D eigenvalue weighted by Crippen LogP contribution is 2.39. The van der Waals surface area contributed by atoms with E-state index in [1.54, 1.807) is 7.05 Å². The van der Waals surface area contributed by atoms with Crippen LogP contribution < -0.4 is 10.5 Å². The molecule has 2 rings (SSSR count). The molecular formula is C11H12FN3O2. The lowest BCUT2D eigenvalue weighted by Crippen LogP contribution is -1.98. The van der Waals surface area contributed by atoms with E-state index in [-0.39, 0.29) is 17.1 Å². The molecule has 0 aliphatic heterocycles. The monoisotopic (exact) mass is 237 g/mol. The molecule has 0 bridgehead atoms. The van der Waals surface area contributed by atoms with Crippen molar-refractivity contribution in [2.24, 2.45) is 7.05 Å². The average Bonchev–Trinajstić information content (AvgIpc) is 2.63. The van der Waals surface area contributed by atoms with Crippen LogP contribution in [0.15, 0.2) is 18.3 Å². The summed E-state index contributed by atoms with van der Waals surface area (Å²) in [6.07, 6.45) is 1.46. The van der Waals surface area contributed by atoms with Crippen LogP contribution in [0.2, 0.25) is 0 Å². The van der Waals surface area contributed by atoms with E-state index in [0.717, 1.165) is 6.07 Å². The Hall–Kier alpha value is -2.24. The fourth-order valence-corrected chi connectivity index (χ4v) is 1.59. The van der Waals surface area contributed by atoms with Gasteiger partial charge in [0.15, 0.2) is 11.5 Å². The second kappa shape index (κ2) is 3.97. The Morgan fingerprint density at radius 1 is 1.41 bits per heavy atom. The van der Waals surface area contributed by atoms with Gasteiger partial charge in [-0.1, -0.05) is 0 Å². The van der Waals surface area contributed by atoms with Crippen LogP contribution in [-0.2, 0) is 7.05 Å². The molecule has 1 aromatic carbocycles. The average molecular weight is 237 g/mol. The number of hydrogen-bond donors (Lipinski definition) is 2. The maximum absolute atomic E-state index is 13.4. The van der Waals surface area contributed by atoms with Crippen LogP contribution in [0.25, 0.3) is 11.1 Å². The Balaban J connectivity index is 2.67. The van der Waals surface area contributed by atoms with E-state index < -0.39 is 5.82 Å². The molecule has 0 fully saturated rings. The fourth-order valence-electron chi connectivity index (χ4n) is 1.59. The zero-order chi connectivity index (χ0) is 12.6. The van der Waals surface area contributed by atoms with Gasteiger partial charge in [0, 0.05) is 24.2 Å². The lowest BCUT2D eigenvalue weighted by atomic mass is 10.1. The molecule has 0 atom stereocenters. The number of anilines is 1. The summed E-state index contributed by atoms with van der Waals surface area (Å²) < 4.78 is 19.7. The third-order valence-electron chi connectivity index (χ3n) is 2.53. The van der Waals surface area contributed by atoms with Gasteiger partial charge >= 0.3 is 0 Å². The van der Waals surface area contributed by atoms with Crippen LogP contribution in [0.4, 0.5) is 10.2 Å². The summed E-state index contributed by atoms with van der Waals surface area (Å²) in [5.74, 6) is -0.275. The smallest absolute Gasteiger partial charge is 0.166 e. The van der Waals surface area contributed by atoms with Gasteiger partial charge in [-0.15, -0.1) is 0 Å². The number of nitrogens with zero attached hydrogens (tertiary/aromatic N) is 2. The molecule has 3 N–H and O–H groups in total. The van der Waals surface area contributed by atoms with Gasteiger partial charge in [-0.25, -0.2) is 4.39 Å². The van der Waals surface area contributed by atoms with Crippen molar-refractivity contribution in [3.63, 3.8) is 0 Å². The number of rotatable bonds is 2. The van der Waals surface area contributed by atoms with Gasteiger partial charge in [-0.05, 0) is 6.07 Å². The number of aryl methyl sites for hydroxylation is 1. The topological polar surface area (TPSA) is 73.3 Å². The number of ether oxygens (including phenoxy) is 1. The van der Waals surface area contributed by atoms with E-state index in [9.17, 15) is 9.50 Å². The molecule has 0 saturated heterocycles. The quantitative estimate of drug-likeness (QED) is 0.830. The van der Waals surface area contributed by atoms with E-state index in [0.29, 0.717) is 11.4 Å². The molecule has 5 nitrogen and oxygen atoms in total. The zero-order valence-electron chi connectivity index (χ0n) is 9.44. The Morgan fingerprint density at radius 2 is 2.12 bits per heavy atom. The van der Waals surface area contributed by atoms with E-state index in [2.05, 4.69) is 5.10 Å². The van der Waals surface area contributed by atoms with E-state index >= 15 is 0 Å². The molecule has 2 aromatic rings. The summed E-state index contributed by atoms with van der Waals surface area (Å²) in [6.45, 7) is 0. The summed E-state index contributed by atoms with van der Waals surface area (Å²) in [7, 11) is 3.01. The molecule has 1 aromatic heterocycles. The number of aromatic hydroxyl groups is 1. The molecule has 0 spiro atoms. The van der Waals surface area contributed by atoms with Crippen molar-refractivity contribution in [1.29, 1.82) is 0 Å². The zero-order valence-corrected chi connectivity index (χ0v) is 9.44. The summed E-state index contributed by atoms with van der Waals surface area (Å²) in [6, 6.07) is 2.29. The van der Waals surface area contributed by atoms with Gasteiger partial charge < -0.3 is 15.6 Å². The standard InChI is InChI=1S/C11H12FN3O2/c1-15-11(13)8(5-14-15)7-3-6(12)4-9(17-2)10(7)16/h3-5,16H,13H2,1-2H3. The number of nitrogen functional groups attached to an aromatic ring is 1. The number of phenols is 1. The van der Waals surface area contributed by atoms with Crippen molar-refractivity contribution in [3.8, 4) is 22.6 Å². The highest BCUT2D eigenvalue weighted by Gasteiger charge is 2.16. The van der Waals surface area contributed by atoms with Crippen LogP contribution in [0.5, 0.6) is 11.5 Å². The molecule has 90 valence electrons. The molecule has 0 aliphatic carbocycles. The lowest BCUT2D eigenvalue weighted by molar-refractivity contribution is 0.371. The van der Waals surface area contributed by atoms with Crippen molar-refractivity contribution < 1.29 is 14.2 Å². The highest BCUT2D eigenvalue weighted by molar-refractivity contribution is 5.80. The molecule has 1 heterocycles. The second-order valence-corrected chi connectivity index (χ2v) is 3.57. The predicted molar refractivity (Wildman–Crippen MR) is 61.2 cm³/mol. The Labute approximate surface area is 97.2 Å². The molecule has 6 heteroatoms. The second-order valence-electron chi connectivity index (χ2n) is 3.57. The molecular weight excluding hydrogens is 225 g/mol. The van der Waals surface area contributed by atoms with Gasteiger partial charge in [0.2, 0.25) is 0 Å². The van der Waals surface area contributed by atoms with Crippen molar-refractivity contribution in [2.45, 2.75) is 0 Å². The van der Waals surface area contributed by atoms with E-state index in [4.69, 9.17) is 10.5 Å². The summed E-state index contributed by atoms with van der Waals surface area (Å²) >= 11 is 0. The number of aromatic nitrogens is 2. The molecule has 0 amide bonds. The molecule has 0 aliphatic rings. The number of halogens is 1. The predicted octanol–water partition coefficient (Wildman–Crippen LogP) is 1.52. The Morgan fingerprint density at radius 3 is 2.65 bits per heavy atom. The van der Waals surface area contributed by atoms with Crippen LogP contribution in [0.3, 0.4) is 0 Å². The Bertz CT molecular complexity index is 566. The van der Waals surface area contributed by atoms with Crippen LogP contribution in [0, 0.1) is 5.82 Å². The largest absolute Gasteiger partial charge is 0.504 e.